The molecule has 0 aliphatic carbocycles. The molecule has 0 saturated carbocycles. The number of rotatable bonds is 6. The van der Waals surface area contributed by atoms with Gasteiger partial charge in [-0.1, -0.05) is 5.46 Å². The van der Waals surface area contributed by atoms with Crippen LogP contribution in [0.2, 0.25) is 0 Å². The van der Waals surface area contributed by atoms with Crippen molar-refractivity contribution in [3.63, 3.8) is 0 Å². The van der Waals surface area contributed by atoms with E-state index in [4.69, 9.17) is 21.1 Å². The third-order valence-electron chi connectivity index (χ3n) is 5.32. The van der Waals surface area contributed by atoms with Gasteiger partial charge in [0.1, 0.15) is 31.5 Å². The zero-order valence-electron chi connectivity index (χ0n) is 18.4. The molecule has 34 heavy (non-hydrogen) atoms. The smallest absolute Gasteiger partial charge is 0.257 e. The number of nitrogens with zero attached hydrogens (tertiary/aromatic N) is 5. The Morgan fingerprint density at radius 1 is 1.35 bits per heavy atom. The summed E-state index contributed by atoms with van der Waals surface area (Å²) in [4.78, 5) is 31.0. The number of carbonyl (C=O) groups excluding carboxylic acids is 2. The molecule has 4 N–H and O–H groups in total. The molecule has 1 fully saturated rings. The third-order valence-corrected chi connectivity index (χ3v) is 5.32. The number of carbonyl (C=O) groups is 2. The maximum Gasteiger partial charge on any atom is 0.257 e. The average molecular weight is 456 g/mol. The Morgan fingerprint density at radius 2 is 2.18 bits per heavy atom. The Balaban J connectivity index is 1.43. The number of hydrogen-bond donors (Lipinski definition) is 3. The minimum atomic E-state index is -0.942. The average Bonchev–Trinajstić information content (AvgIpc) is 3.30. The van der Waals surface area contributed by atoms with Crippen LogP contribution in [0.1, 0.15) is 17.7 Å². The fourth-order valence-electron chi connectivity index (χ4n) is 3.66. The molecular formula is C22H21BN8O3. The van der Waals surface area contributed by atoms with Gasteiger partial charge in [0, 0.05) is 35.8 Å². The van der Waals surface area contributed by atoms with Crippen molar-refractivity contribution in [2.24, 2.45) is 5.73 Å². The molecule has 4 rings (SSSR count). The molecule has 1 aliphatic rings. The highest BCUT2D eigenvalue weighted by molar-refractivity contribution is 6.37. The number of amidine groups is 1. The van der Waals surface area contributed by atoms with Crippen LogP contribution in [0.25, 0.3) is 5.69 Å². The highest BCUT2D eigenvalue weighted by atomic mass is 16.5. The summed E-state index contributed by atoms with van der Waals surface area (Å²) in [5.74, 6) is -0.359. The van der Waals surface area contributed by atoms with Gasteiger partial charge in [-0.25, -0.2) is 9.67 Å². The number of pyridine rings is 1. The summed E-state index contributed by atoms with van der Waals surface area (Å²) < 4.78 is 7.12. The summed E-state index contributed by atoms with van der Waals surface area (Å²) in [6.45, 7) is 0.566. The quantitative estimate of drug-likeness (QED) is 0.254. The van der Waals surface area contributed by atoms with Crippen molar-refractivity contribution in [2.75, 3.05) is 23.4 Å². The van der Waals surface area contributed by atoms with Crippen LogP contribution in [-0.4, -0.2) is 59.5 Å². The topological polar surface area (TPSA) is 163 Å². The summed E-state index contributed by atoms with van der Waals surface area (Å²) in [5, 5.41) is 23.8. The summed E-state index contributed by atoms with van der Waals surface area (Å²) in [6, 6.07) is 12.0. The van der Waals surface area contributed by atoms with Gasteiger partial charge in [-0.15, -0.1) is 5.10 Å². The molecule has 1 aliphatic heterocycles. The molecule has 2 aromatic heterocycles. The number of morpholine rings is 1. The van der Waals surface area contributed by atoms with Gasteiger partial charge < -0.3 is 15.8 Å². The number of nitrogens with two attached hydrogens (primary N) is 1. The summed E-state index contributed by atoms with van der Waals surface area (Å²) in [7, 11) is 1.80. The van der Waals surface area contributed by atoms with E-state index < -0.39 is 6.10 Å². The van der Waals surface area contributed by atoms with E-state index in [0.29, 0.717) is 29.3 Å². The monoisotopic (exact) mass is 456 g/mol. The maximum absolute atomic E-state index is 13.0. The molecule has 1 atom stereocenters. The van der Waals surface area contributed by atoms with Crippen LogP contribution in [0.15, 0.2) is 48.8 Å². The molecule has 1 unspecified atom stereocenters. The molecular weight excluding hydrogens is 435 g/mol. The van der Waals surface area contributed by atoms with Crippen molar-refractivity contribution in [1.29, 1.82) is 10.7 Å². The second-order valence-corrected chi connectivity index (χ2v) is 7.67. The van der Waals surface area contributed by atoms with E-state index >= 15 is 0 Å². The number of ether oxygens (including phenoxy) is 1. The van der Waals surface area contributed by atoms with Gasteiger partial charge in [0.2, 0.25) is 5.91 Å². The number of hydrogen-bond acceptors (Lipinski definition) is 7. The van der Waals surface area contributed by atoms with Gasteiger partial charge in [-0.05, 0) is 24.3 Å². The normalized spacial score (nSPS) is 15.6. The second-order valence-electron chi connectivity index (χ2n) is 7.67. The van der Waals surface area contributed by atoms with Gasteiger partial charge in [-0.2, -0.15) is 5.26 Å². The molecule has 3 heterocycles. The standard InChI is InChI=1S/C22H21BN8O3/c23-17-10-13(1-2-16(17)21(25)26)28-20(32)11-18-22(33)30(7-8-34-18)19-4-6-31(29-19)15-3-5-27-14(9-15)12-24/h1-6,9-10,18H,7-8,11,23H2,(H3,25,26)(H,28,32). The zero-order chi connectivity index (χ0) is 24.2. The molecule has 1 saturated heterocycles. The van der Waals surface area contributed by atoms with Gasteiger partial charge in [-0.3, -0.25) is 19.9 Å². The fourth-order valence-corrected chi connectivity index (χ4v) is 3.66. The Kier molecular flexibility index (Phi) is 6.38. The largest absolute Gasteiger partial charge is 0.384 e. The van der Waals surface area contributed by atoms with Crippen LogP contribution >= 0.6 is 0 Å². The van der Waals surface area contributed by atoms with E-state index in [1.165, 1.54) is 11.1 Å². The Morgan fingerprint density at radius 3 is 2.91 bits per heavy atom. The predicted molar refractivity (Wildman–Crippen MR) is 127 cm³/mol. The molecule has 170 valence electrons. The van der Waals surface area contributed by atoms with E-state index in [-0.39, 0.29) is 36.4 Å². The summed E-state index contributed by atoms with van der Waals surface area (Å²) in [6.07, 6.45) is 2.10. The van der Waals surface area contributed by atoms with E-state index in [9.17, 15) is 9.59 Å². The molecule has 3 aromatic rings. The van der Waals surface area contributed by atoms with E-state index in [1.807, 2.05) is 6.07 Å². The number of amides is 2. The van der Waals surface area contributed by atoms with Gasteiger partial charge >= 0.3 is 0 Å². The maximum atomic E-state index is 13.0. The van der Waals surface area contributed by atoms with Crippen LogP contribution in [0.3, 0.4) is 0 Å². The van der Waals surface area contributed by atoms with Crippen LogP contribution in [0.4, 0.5) is 11.5 Å². The molecule has 0 spiro atoms. The van der Waals surface area contributed by atoms with E-state index in [1.54, 1.807) is 55.1 Å². The van der Waals surface area contributed by atoms with Crippen molar-refractivity contribution >= 4 is 42.5 Å². The van der Waals surface area contributed by atoms with E-state index in [2.05, 4.69) is 15.4 Å². The SMILES string of the molecule is Bc1cc(NC(=O)CC2OCCN(c3ccn(-c4ccnc(C#N)c4)n3)C2=O)ccc1C(=N)N. The number of nitrogen functional groups attached to an aromatic ring is 1. The number of nitriles is 1. The predicted octanol–water partition coefficient (Wildman–Crippen LogP) is -0.558. The Labute approximate surface area is 196 Å². The zero-order valence-corrected chi connectivity index (χ0v) is 18.4. The van der Waals surface area contributed by atoms with Crippen molar-refractivity contribution in [3.8, 4) is 11.8 Å². The highest BCUT2D eigenvalue weighted by Crippen LogP contribution is 2.20. The van der Waals surface area contributed by atoms with Crippen LogP contribution in [-0.2, 0) is 14.3 Å². The molecule has 0 bridgehead atoms. The molecule has 12 heteroatoms. The molecule has 1 aromatic carbocycles. The van der Waals surface area contributed by atoms with Gasteiger partial charge in [0.15, 0.2) is 5.82 Å². The summed E-state index contributed by atoms with van der Waals surface area (Å²) >= 11 is 0. The van der Waals surface area contributed by atoms with Crippen molar-refractivity contribution in [1.82, 2.24) is 14.8 Å². The number of nitrogens with one attached hydrogen (secondary N) is 2. The Hall–Kier alpha value is -4.50. The molecule has 11 nitrogen and oxygen atoms in total. The first-order chi connectivity index (χ1) is 16.4. The number of benzene rings is 1. The lowest BCUT2D eigenvalue weighted by Gasteiger charge is -2.30. The second kappa shape index (κ2) is 9.56. The van der Waals surface area contributed by atoms with E-state index in [0.717, 1.165) is 5.46 Å². The highest BCUT2D eigenvalue weighted by Gasteiger charge is 2.33. The molecule has 2 amide bonds. The lowest BCUT2D eigenvalue weighted by Crippen LogP contribution is -2.49. The van der Waals surface area contributed by atoms with Gasteiger partial charge in [0.25, 0.3) is 5.91 Å². The van der Waals surface area contributed by atoms with Crippen molar-refractivity contribution < 1.29 is 14.3 Å². The lowest BCUT2D eigenvalue weighted by molar-refractivity contribution is -0.138. The van der Waals surface area contributed by atoms with Crippen LogP contribution in [0, 0.1) is 16.7 Å². The third kappa shape index (κ3) is 4.79. The minimum absolute atomic E-state index is 0.0476. The molecule has 0 radical (unpaired) electrons. The first-order valence-electron chi connectivity index (χ1n) is 10.5. The first-order valence-corrected chi connectivity index (χ1v) is 10.5. The van der Waals surface area contributed by atoms with Crippen molar-refractivity contribution in [3.05, 3.63) is 60.0 Å². The first kappa shape index (κ1) is 22.7. The van der Waals surface area contributed by atoms with Crippen LogP contribution < -0.4 is 21.4 Å². The number of aromatic nitrogens is 3. The lowest BCUT2D eigenvalue weighted by atomic mass is 9.89. The minimum Gasteiger partial charge on any atom is -0.384 e. The van der Waals surface area contributed by atoms with Gasteiger partial charge in [0.05, 0.1) is 25.3 Å². The fraction of sp³-hybridized carbons (Fsp3) is 0.182. The summed E-state index contributed by atoms with van der Waals surface area (Å²) in [5.41, 5.74) is 8.32. The van der Waals surface area contributed by atoms with Crippen LogP contribution in [0.5, 0.6) is 0 Å². The number of anilines is 2. The van der Waals surface area contributed by atoms with Crippen molar-refractivity contribution in [2.45, 2.75) is 12.5 Å². The Bertz CT molecular complexity index is 1320.